The predicted octanol–water partition coefficient (Wildman–Crippen LogP) is 4.21. The molecule has 0 aliphatic rings. The molecule has 124 valence electrons. The Morgan fingerprint density at radius 1 is 1.12 bits per heavy atom. The molecule has 0 spiro atoms. The van der Waals surface area contributed by atoms with Crippen molar-refractivity contribution >= 4 is 27.6 Å². The van der Waals surface area contributed by atoms with Crippen LogP contribution >= 0.6 is 11.3 Å². The van der Waals surface area contributed by atoms with E-state index in [2.05, 4.69) is 16.4 Å². The largest absolute Gasteiger partial charge is 0.486 e. The van der Waals surface area contributed by atoms with Gasteiger partial charge in [-0.25, -0.2) is 9.78 Å². The summed E-state index contributed by atoms with van der Waals surface area (Å²) in [5, 5.41) is 3.36. The number of thiazole rings is 1. The number of aromatic nitrogens is 1. The molecule has 0 unspecified atom stereocenters. The van der Waals surface area contributed by atoms with Crippen LogP contribution in [0.3, 0.4) is 0 Å². The maximum Gasteiger partial charge on any atom is 0.412 e. The van der Waals surface area contributed by atoms with Gasteiger partial charge >= 0.3 is 6.09 Å². The number of fused-ring (bicyclic) bond motifs is 1. The normalized spacial score (nSPS) is 10.6. The number of carbonyl (C=O) groups is 1. The van der Waals surface area contributed by atoms with E-state index >= 15 is 0 Å². The van der Waals surface area contributed by atoms with Crippen LogP contribution in [0.1, 0.15) is 16.1 Å². The number of benzene rings is 2. The Balaban J connectivity index is 1.75. The van der Waals surface area contributed by atoms with Gasteiger partial charge in [-0.05, 0) is 49.2 Å². The lowest BCUT2D eigenvalue weighted by Crippen LogP contribution is -2.22. The zero-order valence-corrected chi connectivity index (χ0v) is 14.6. The van der Waals surface area contributed by atoms with Gasteiger partial charge in [0, 0.05) is 7.05 Å². The molecule has 6 heteroatoms. The van der Waals surface area contributed by atoms with Crippen molar-refractivity contribution < 1.29 is 14.3 Å². The van der Waals surface area contributed by atoms with Gasteiger partial charge in [-0.1, -0.05) is 12.1 Å². The first kappa shape index (κ1) is 16.3. The quantitative estimate of drug-likeness (QED) is 0.771. The van der Waals surface area contributed by atoms with Gasteiger partial charge in [-0.2, -0.15) is 0 Å². The van der Waals surface area contributed by atoms with Gasteiger partial charge in [-0.15, -0.1) is 11.3 Å². The van der Waals surface area contributed by atoms with Crippen LogP contribution < -0.4 is 14.8 Å². The molecule has 1 N–H and O–H groups in total. The zero-order valence-electron chi connectivity index (χ0n) is 13.8. The van der Waals surface area contributed by atoms with E-state index in [0.29, 0.717) is 12.4 Å². The molecule has 2 aromatic carbocycles. The van der Waals surface area contributed by atoms with E-state index in [1.165, 1.54) is 7.05 Å². The third-order valence-electron chi connectivity index (χ3n) is 3.78. The molecule has 0 aliphatic heterocycles. The molecule has 1 amide bonds. The Morgan fingerprint density at radius 3 is 2.58 bits per heavy atom. The second-order valence-corrected chi connectivity index (χ2v) is 6.43. The maximum atomic E-state index is 11.4. The van der Waals surface area contributed by atoms with Crippen LogP contribution in [0.2, 0.25) is 0 Å². The monoisotopic (exact) mass is 342 g/mol. The first-order valence-corrected chi connectivity index (χ1v) is 8.37. The van der Waals surface area contributed by atoms with Gasteiger partial charge in [0.1, 0.15) is 23.1 Å². The van der Waals surface area contributed by atoms with Crippen molar-refractivity contribution in [3.63, 3.8) is 0 Å². The standard InChI is InChI=1S/C18H18N2O3S/c1-11-12(2)15(23-18(21)19-3)9-8-14(11)22-10-17-20-13-6-4-5-7-16(13)24-17/h4-9H,10H2,1-3H3,(H,19,21). The Bertz CT molecular complexity index is 856. The van der Waals surface area contributed by atoms with Crippen LogP contribution in [0.15, 0.2) is 36.4 Å². The molecule has 1 aromatic heterocycles. The second-order valence-electron chi connectivity index (χ2n) is 5.32. The molecule has 0 atom stereocenters. The Hall–Kier alpha value is -2.60. The minimum atomic E-state index is -0.486. The number of carbonyl (C=O) groups excluding carboxylic acids is 1. The van der Waals surface area contributed by atoms with Crippen LogP contribution in [0.4, 0.5) is 4.79 Å². The lowest BCUT2D eigenvalue weighted by atomic mass is 10.1. The number of nitrogens with zero attached hydrogens (tertiary/aromatic N) is 1. The molecular formula is C18H18N2O3S. The van der Waals surface area contributed by atoms with Gasteiger partial charge in [-0.3, -0.25) is 0 Å². The van der Waals surface area contributed by atoms with E-state index in [-0.39, 0.29) is 0 Å². The second kappa shape index (κ2) is 6.88. The molecular weight excluding hydrogens is 324 g/mol. The van der Waals surface area contributed by atoms with E-state index in [0.717, 1.165) is 32.1 Å². The predicted molar refractivity (Wildman–Crippen MR) is 95.0 cm³/mol. The van der Waals surface area contributed by atoms with E-state index < -0.39 is 6.09 Å². The molecule has 0 radical (unpaired) electrons. The van der Waals surface area contributed by atoms with Crippen molar-refractivity contribution in [3.8, 4) is 11.5 Å². The first-order chi connectivity index (χ1) is 11.6. The fourth-order valence-corrected chi connectivity index (χ4v) is 3.19. The number of rotatable bonds is 4. The SMILES string of the molecule is CNC(=O)Oc1ccc(OCc2nc3ccccc3s2)c(C)c1C. The fraction of sp³-hybridized carbons (Fsp3) is 0.222. The lowest BCUT2D eigenvalue weighted by molar-refractivity contribution is 0.202. The van der Waals surface area contributed by atoms with E-state index in [1.54, 1.807) is 17.4 Å². The Morgan fingerprint density at radius 2 is 1.83 bits per heavy atom. The third-order valence-corrected chi connectivity index (χ3v) is 4.79. The Labute approximate surface area is 144 Å². The first-order valence-electron chi connectivity index (χ1n) is 7.55. The van der Waals surface area contributed by atoms with Crippen LogP contribution in [0, 0.1) is 13.8 Å². The minimum Gasteiger partial charge on any atom is -0.486 e. The lowest BCUT2D eigenvalue weighted by Gasteiger charge is -2.13. The molecule has 0 bridgehead atoms. The number of hydrogen-bond acceptors (Lipinski definition) is 5. The van der Waals surface area contributed by atoms with E-state index in [4.69, 9.17) is 9.47 Å². The average molecular weight is 342 g/mol. The summed E-state index contributed by atoms with van der Waals surface area (Å²) in [6, 6.07) is 11.6. The summed E-state index contributed by atoms with van der Waals surface area (Å²) >= 11 is 1.63. The highest BCUT2D eigenvalue weighted by molar-refractivity contribution is 7.18. The average Bonchev–Trinajstić information content (AvgIpc) is 3.01. The summed E-state index contributed by atoms with van der Waals surface area (Å²) in [4.78, 5) is 15.9. The van der Waals surface area contributed by atoms with Crippen LogP contribution in [-0.2, 0) is 6.61 Å². The van der Waals surface area contributed by atoms with E-state index in [9.17, 15) is 4.79 Å². The molecule has 5 nitrogen and oxygen atoms in total. The van der Waals surface area contributed by atoms with Gasteiger partial charge in [0.05, 0.1) is 10.2 Å². The minimum absolute atomic E-state index is 0.412. The number of para-hydroxylation sites is 1. The highest BCUT2D eigenvalue weighted by Gasteiger charge is 2.12. The molecule has 1 heterocycles. The van der Waals surface area contributed by atoms with Gasteiger partial charge < -0.3 is 14.8 Å². The summed E-state index contributed by atoms with van der Waals surface area (Å²) in [5.41, 5.74) is 2.81. The van der Waals surface area contributed by atoms with Gasteiger partial charge in [0.2, 0.25) is 0 Å². The van der Waals surface area contributed by atoms with Crippen molar-refractivity contribution in [2.24, 2.45) is 0 Å². The van der Waals surface area contributed by atoms with E-state index in [1.807, 2.05) is 38.1 Å². The molecule has 0 fully saturated rings. The molecule has 24 heavy (non-hydrogen) atoms. The Kier molecular flexibility index (Phi) is 4.66. The van der Waals surface area contributed by atoms with Crippen molar-refractivity contribution in [1.29, 1.82) is 0 Å². The molecule has 0 saturated carbocycles. The number of amides is 1. The van der Waals surface area contributed by atoms with Crippen molar-refractivity contribution in [3.05, 3.63) is 52.5 Å². The summed E-state index contributed by atoms with van der Waals surface area (Å²) in [6.45, 7) is 4.26. The smallest absolute Gasteiger partial charge is 0.412 e. The van der Waals surface area contributed by atoms with Crippen LogP contribution in [0.25, 0.3) is 10.2 Å². The summed E-state index contributed by atoms with van der Waals surface area (Å²) in [7, 11) is 1.53. The molecule has 0 aliphatic carbocycles. The van der Waals surface area contributed by atoms with Gasteiger partial charge in [0.15, 0.2) is 0 Å². The summed E-state index contributed by atoms with van der Waals surface area (Å²) in [5.74, 6) is 1.29. The topological polar surface area (TPSA) is 60.5 Å². The maximum absolute atomic E-state index is 11.4. The van der Waals surface area contributed by atoms with Gasteiger partial charge in [0.25, 0.3) is 0 Å². The number of nitrogens with one attached hydrogen (secondary N) is 1. The van der Waals surface area contributed by atoms with Crippen molar-refractivity contribution in [1.82, 2.24) is 10.3 Å². The molecule has 0 saturated heterocycles. The zero-order chi connectivity index (χ0) is 17.1. The third kappa shape index (κ3) is 3.33. The van der Waals surface area contributed by atoms with Crippen LogP contribution in [0.5, 0.6) is 11.5 Å². The summed E-state index contributed by atoms with van der Waals surface area (Å²) < 4.78 is 12.3. The number of ether oxygens (including phenoxy) is 2. The van der Waals surface area contributed by atoms with Crippen LogP contribution in [-0.4, -0.2) is 18.1 Å². The highest BCUT2D eigenvalue weighted by Crippen LogP contribution is 2.30. The van der Waals surface area contributed by atoms with Crippen molar-refractivity contribution in [2.75, 3.05) is 7.05 Å². The number of hydrogen-bond donors (Lipinski definition) is 1. The van der Waals surface area contributed by atoms with Crippen molar-refractivity contribution in [2.45, 2.75) is 20.5 Å². The molecule has 3 aromatic rings. The summed E-state index contributed by atoms with van der Waals surface area (Å²) in [6.07, 6.45) is -0.486. The molecule has 3 rings (SSSR count). The highest BCUT2D eigenvalue weighted by atomic mass is 32.1. The fourth-order valence-electron chi connectivity index (χ4n) is 2.31.